The van der Waals surface area contributed by atoms with Crippen LogP contribution in [-0.2, 0) is 14.3 Å². The van der Waals surface area contributed by atoms with Gasteiger partial charge in [0.2, 0.25) is 5.91 Å². The highest BCUT2D eigenvalue weighted by atomic mass is 16.7. The summed E-state index contributed by atoms with van der Waals surface area (Å²) in [5.41, 5.74) is 0. The number of carbonyl (C=O) groups excluding carboxylic acids is 1. The van der Waals surface area contributed by atoms with Crippen molar-refractivity contribution in [3.63, 3.8) is 0 Å². The van der Waals surface area contributed by atoms with Crippen molar-refractivity contribution in [2.75, 3.05) is 13.2 Å². The van der Waals surface area contributed by atoms with Crippen LogP contribution in [0.3, 0.4) is 0 Å². The first kappa shape index (κ1) is 35.0. The van der Waals surface area contributed by atoms with Gasteiger partial charge in [-0.25, -0.2) is 0 Å². The molecule has 0 aliphatic carbocycles. The van der Waals surface area contributed by atoms with E-state index in [1.54, 1.807) is 6.08 Å². The summed E-state index contributed by atoms with van der Waals surface area (Å²) >= 11 is 0. The van der Waals surface area contributed by atoms with Gasteiger partial charge in [0, 0.05) is 6.42 Å². The minimum atomic E-state index is -1.56. The molecule has 0 bridgehead atoms. The van der Waals surface area contributed by atoms with Crippen molar-refractivity contribution >= 4 is 5.91 Å². The maximum Gasteiger partial charge on any atom is 0.220 e. The molecule has 0 spiro atoms. The van der Waals surface area contributed by atoms with Gasteiger partial charge in [-0.15, -0.1) is 0 Å². The Kier molecular flexibility index (Phi) is 20.0. The van der Waals surface area contributed by atoms with Gasteiger partial charge in [-0.1, -0.05) is 96.6 Å². The fraction of sp³-hybridized carbons (Fsp3) is 0.897. The quantitative estimate of drug-likeness (QED) is 0.0898. The molecular formula is C29H55NO8. The molecule has 1 aliphatic rings. The van der Waals surface area contributed by atoms with Crippen molar-refractivity contribution < 1.29 is 39.8 Å². The van der Waals surface area contributed by atoms with Gasteiger partial charge in [-0.3, -0.25) is 4.79 Å². The summed E-state index contributed by atoms with van der Waals surface area (Å²) in [5.74, 6) is -0.233. The largest absolute Gasteiger partial charge is 0.394 e. The molecule has 1 amide bonds. The number of hydrogen-bond acceptors (Lipinski definition) is 8. The molecule has 6 N–H and O–H groups in total. The van der Waals surface area contributed by atoms with Crippen molar-refractivity contribution in [1.29, 1.82) is 0 Å². The predicted octanol–water partition coefficient (Wildman–Crippen LogP) is 3.10. The zero-order valence-electron chi connectivity index (χ0n) is 23.7. The van der Waals surface area contributed by atoms with Crippen LogP contribution in [0.2, 0.25) is 0 Å². The highest BCUT2D eigenvalue weighted by molar-refractivity contribution is 5.76. The Hall–Kier alpha value is -1.07. The predicted molar refractivity (Wildman–Crippen MR) is 147 cm³/mol. The molecule has 1 aliphatic heterocycles. The van der Waals surface area contributed by atoms with Crippen LogP contribution in [-0.4, -0.2) is 87.5 Å². The number of hydrogen-bond donors (Lipinski definition) is 6. The lowest BCUT2D eigenvalue weighted by atomic mass is 9.99. The molecule has 38 heavy (non-hydrogen) atoms. The minimum absolute atomic E-state index is 0.192. The Morgan fingerprint density at radius 1 is 0.868 bits per heavy atom. The second-order valence-electron chi connectivity index (χ2n) is 10.6. The molecule has 1 fully saturated rings. The highest BCUT2D eigenvalue weighted by Crippen LogP contribution is 2.22. The lowest BCUT2D eigenvalue weighted by Crippen LogP contribution is -2.60. The molecule has 1 heterocycles. The van der Waals surface area contributed by atoms with Crippen LogP contribution in [0.1, 0.15) is 110 Å². The van der Waals surface area contributed by atoms with E-state index in [0.29, 0.717) is 12.8 Å². The zero-order valence-corrected chi connectivity index (χ0v) is 23.7. The van der Waals surface area contributed by atoms with Gasteiger partial charge < -0.3 is 40.3 Å². The van der Waals surface area contributed by atoms with Crippen LogP contribution in [0.15, 0.2) is 12.2 Å². The molecular weight excluding hydrogens is 490 g/mol. The molecule has 1 saturated heterocycles. The fourth-order valence-corrected chi connectivity index (χ4v) is 4.61. The summed E-state index contributed by atoms with van der Waals surface area (Å²) < 4.78 is 10.9. The second-order valence-corrected chi connectivity index (χ2v) is 10.6. The number of unbranched alkanes of at least 4 members (excludes halogenated alkanes) is 12. The summed E-state index contributed by atoms with van der Waals surface area (Å²) in [6.07, 6.45) is 12.7. The Labute approximate surface area is 229 Å². The molecule has 1 rings (SSSR count). The van der Waals surface area contributed by atoms with E-state index in [1.807, 2.05) is 13.0 Å². The van der Waals surface area contributed by atoms with Crippen molar-refractivity contribution in [1.82, 2.24) is 5.32 Å². The minimum Gasteiger partial charge on any atom is -0.394 e. The second kappa shape index (κ2) is 21.7. The summed E-state index contributed by atoms with van der Waals surface area (Å²) in [5, 5.41) is 52.8. The molecule has 7 unspecified atom stereocenters. The maximum absolute atomic E-state index is 12.2. The third-order valence-electron chi connectivity index (χ3n) is 7.08. The molecule has 224 valence electrons. The molecule has 0 saturated carbocycles. The number of allylic oxidation sites excluding steroid dienone is 1. The maximum atomic E-state index is 12.2. The topological polar surface area (TPSA) is 149 Å². The molecule has 0 aromatic rings. The number of aliphatic hydroxyl groups is 5. The fourth-order valence-electron chi connectivity index (χ4n) is 4.61. The number of rotatable bonds is 22. The van der Waals surface area contributed by atoms with Crippen LogP contribution in [0.5, 0.6) is 0 Å². The van der Waals surface area contributed by atoms with E-state index in [9.17, 15) is 30.3 Å². The van der Waals surface area contributed by atoms with Gasteiger partial charge in [0.05, 0.1) is 25.4 Å². The Balaban J connectivity index is 2.37. The van der Waals surface area contributed by atoms with Crippen molar-refractivity contribution in [3.8, 4) is 0 Å². The van der Waals surface area contributed by atoms with Crippen LogP contribution in [0.4, 0.5) is 0 Å². The highest BCUT2D eigenvalue weighted by Gasteiger charge is 2.44. The van der Waals surface area contributed by atoms with E-state index in [-0.39, 0.29) is 12.5 Å². The Bertz CT molecular complexity index is 617. The Morgan fingerprint density at radius 3 is 2.00 bits per heavy atom. The van der Waals surface area contributed by atoms with Crippen LogP contribution in [0, 0.1) is 0 Å². The van der Waals surface area contributed by atoms with E-state index < -0.39 is 49.5 Å². The van der Waals surface area contributed by atoms with Crippen molar-refractivity contribution in [2.24, 2.45) is 0 Å². The molecule has 0 aromatic heterocycles. The third kappa shape index (κ3) is 14.4. The van der Waals surface area contributed by atoms with E-state index in [1.165, 1.54) is 64.2 Å². The smallest absolute Gasteiger partial charge is 0.220 e. The number of nitrogens with one attached hydrogen (secondary N) is 1. The monoisotopic (exact) mass is 545 g/mol. The molecule has 9 nitrogen and oxygen atoms in total. The lowest BCUT2D eigenvalue weighted by molar-refractivity contribution is -0.302. The van der Waals surface area contributed by atoms with E-state index in [0.717, 1.165) is 19.3 Å². The van der Waals surface area contributed by atoms with Gasteiger partial charge >= 0.3 is 0 Å². The Morgan fingerprint density at radius 2 is 1.45 bits per heavy atom. The average molecular weight is 546 g/mol. The molecule has 0 radical (unpaired) electrons. The van der Waals surface area contributed by atoms with E-state index in [4.69, 9.17) is 9.47 Å². The summed E-state index contributed by atoms with van der Waals surface area (Å²) in [7, 11) is 0. The number of carbonyl (C=O) groups is 1. The van der Waals surface area contributed by atoms with Gasteiger partial charge in [0.15, 0.2) is 6.29 Å². The van der Waals surface area contributed by atoms with Crippen LogP contribution in [0.25, 0.3) is 0 Å². The van der Waals surface area contributed by atoms with E-state index in [2.05, 4.69) is 12.2 Å². The summed E-state index contributed by atoms with van der Waals surface area (Å²) in [6, 6.07) is -0.792. The summed E-state index contributed by atoms with van der Waals surface area (Å²) in [6.45, 7) is 3.37. The van der Waals surface area contributed by atoms with Crippen LogP contribution >= 0.6 is 0 Å². The van der Waals surface area contributed by atoms with Gasteiger partial charge in [-0.2, -0.15) is 0 Å². The first-order chi connectivity index (χ1) is 18.3. The number of ether oxygens (including phenoxy) is 2. The first-order valence-corrected chi connectivity index (χ1v) is 14.9. The first-order valence-electron chi connectivity index (χ1n) is 14.9. The number of aliphatic hydroxyl groups excluding tert-OH is 5. The zero-order chi connectivity index (χ0) is 28.2. The van der Waals surface area contributed by atoms with Gasteiger partial charge in [0.25, 0.3) is 0 Å². The standard InChI is InChI=1S/C29H55NO8/c1-3-5-6-7-8-9-10-11-12-13-14-15-16-17-19-23(32)22(30-25(33)18-4-2)21-37-29-28(36)27(35)26(34)24(20-31)38-29/h17,19,22-24,26-29,31-32,34-36H,3-16,18,20-21H2,1-2H3,(H,30,33)/b19-17+. The van der Waals surface area contributed by atoms with Crippen molar-refractivity contribution in [2.45, 2.75) is 153 Å². The third-order valence-corrected chi connectivity index (χ3v) is 7.08. The van der Waals surface area contributed by atoms with Crippen molar-refractivity contribution in [3.05, 3.63) is 12.2 Å². The van der Waals surface area contributed by atoms with E-state index >= 15 is 0 Å². The number of amides is 1. The SMILES string of the molecule is CCCCCCCCCCCCCC/C=C/C(O)C(COC1OC(CO)C(O)C(O)C1O)NC(=O)CCC. The molecule has 9 heteroatoms. The normalized spacial score (nSPS) is 25.5. The van der Waals surface area contributed by atoms with Gasteiger partial charge in [-0.05, 0) is 19.3 Å². The van der Waals surface area contributed by atoms with Gasteiger partial charge in [0.1, 0.15) is 24.4 Å². The molecule has 0 aromatic carbocycles. The molecule has 7 atom stereocenters. The van der Waals surface area contributed by atoms with Crippen LogP contribution < -0.4 is 5.32 Å². The lowest BCUT2D eigenvalue weighted by Gasteiger charge is -2.40. The summed E-state index contributed by atoms with van der Waals surface area (Å²) in [4.78, 5) is 12.2. The average Bonchev–Trinajstić information content (AvgIpc) is 2.90.